The SMILES string of the molecule is Oc1ccccc1CC/C=C/c1ccccc1. The van der Waals surface area contributed by atoms with Crippen molar-refractivity contribution in [1.82, 2.24) is 0 Å². The van der Waals surface area contributed by atoms with Crippen LogP contribution in [0.3, 0.4) is 0 Å². The maximum atomic E-state index is 9.60. The van der Waals surface area contributed by atoms with Crippen LogP contribution in [0.25, 0.3) is 6.08 Å². The number of benzene rings is 2. The molecule has 2 aromatic carbocycles. The number of para-hydroxylation sites is 1. The second-order valence-corrected chi connectivity index (χ2v) is 3.98. The van der Waals surface area contributed by atoms with Crippen molar-refractivity contribution < 1.29 is 5.11 Å². The van der Waals surface area contributed by atoms with E-state index in [0.29, 0.717) is 5.75 Å². The fourth-order valence-electron chi connectivity index (χ4n) is 1.74. The van der Waals surface area contributed by atoms with Gasteiger partial charge in [-0.3, -0.25) is 0 Å². The molecule has 0 aliphatic carbocycles. The summed E-state index contributed by atoms with van der Waals surface area (Å²) in [6.45, 7) is 0. The van der Waals surface area contributed by atoms with Gasteiger partial charge in [-0.25, -0.2) is 0 Å². The van der Waals surface area contributed by atoms with Gasteiger partial charge in [0.2, 0.25) is 0 Å². The molecule has 86 valence electrons. The predicted molar refractivity (Wildman–Crippen MR) is 71.9 cm³/mol. The van der Waals surface area contributed by atoms with Crippen LogP contribution in [-0.2, 0) is 6.42 Å². The van der Waals surface area contributed by atoms with Gasteiger partial charge in [0.05, 0.1) is 0 Å². The maximum Gasteiger partial charge on any atom is 0.118 e. The second kappa shape index (κ2) is 5.90. The van der Waals surface area contributed by atoms with Crippen LogP contribution >= 0.6 is 0 Å². The number of rotatable bonds is 4. The minimum atomic E-state index is 0.389. The van der Waals surface area contributed by atoms with Gasteiger partial charge < -0.3 is 5.11 Å². The summed E-state index contributed by atoms with van der Waals surface area (Å²) in [6.07, 6.45) is 6.06. The molecule has 2 rings (SSSR count). The van der Waals surface area contributed by atoms with E-state index in [1.54, 1.807) is 6.07 Å². The van der Waals surface area contributed by atoms with Crippen LogP contribution in [0.1, 0.15) is 17.5 Å². The van der Waals surface area contributed by atoms with E-state index in [1.807, 2.05) is 36.4 Å². The fourth-order valence-corrected chi connectivity index (χ4v) is 1.74. The second-order valence-electron chi connectivity index (χ2n) is 3.98. The van der Waals surface area contributed by atoms with E-state index in [9.17, 15) is 5.11 Å². The Kier molecular flexibility index (Phi) is 3.98. The Balaban J connectivity index is 1.88. The quantitative estimate of drug-likeness (QED) is 0.831. The van der Waals surface area contributed by atoms with Gasteiger partial charge in [-0.05, 0) is 30.0 Å². The molecule has 0 saturated heterocycles. The predicted octanol–water partition coefficient (Wildman–Crippen LogP) is 4.04. The molecule has 0 aliphatic rings. The van der Waals surface area contributed by atoms with Gasteiger partial charge in [-0.2, -0.15) is 0 Å². The molecule has 0 aliphatic heterocycles. The zero-order valence-corrected chi connectivity index (χ0v) is 9.71. The molecule has 1 nitrogen and oxygen atoms in total. The summed E-state index contributed by atoms with van der Waals surface area (Å²) in [6, 6.07) is 17.7. The first-order valence-electron chi connectivity index (χ1n) is 5.85. The molecule has 0 radical (unpaired) electrons. The molecule has 0 amide bonds. The van der Waals surface area contributed by atoms with E-state index in [2.05, 4.69) is 24.3 Å². The number of hydrogen-bond acceptors (Lipinski definition) is 1. The summed E-state index contributed by atoms with van der Waals surface area (Å²) in [5.41, 5.74) is 2.22. The average molecular weight is 224 g/mol. The van der Waals surface area contributed by atoms with E-state index in [1.165, 1.54) is 5.56 Å². The number of aryl methyl sites for hydroxylation is 1. The summed E-state index contributed by atoms with van der Waals surface area (Å²) >= 11 is 0. The highest BCUT2D eigenvalue weighted by atomic mass is 16.3. The molecule has 0 aromatic heterocycles. The van der Waals surface area contributed by atoms with Crippen molar-refractivity contribution in [3.8, 4) is 5.75 Å². The van der Waals surface area contributed by atoms with Gasteiger partial charge in [0.25, 0.3) is 0 Å². The molecule has 0 unspecified atom stereocenters. The Morgan fingerprint density at radius 3 is 2.35 bits per heavy atom. The van der Waals surface area contributed by atoms with Crippen LogP contribution < -0.4 is 0 Å². The summed E-state index contributed by atoms with van der Waals surface area (Å²) in [5, 5.41) is 9.60. The zero-order chi connectivity index (χ0) is 11.9. The third-order valence-electron chi connectivity index (χ3n) is 2.68. The number of hydrogen-bond donors (Lipinski definition) is 1. The lowest BCUT2D eigenvalue weighted by Gasteiger charge is -2.01. The van der Waals surface area contributed by atoms with Crippen molar-refractivity contribution in [1.29, 1.82) is 0 Å². The minimum absolute atomic E-state index is 0.389. The summed E-state index contributed by atoms with van der Waals surface area (Å²) in [4.78, 5) is 0. The van der Waals surface area contributed by atoms with Crippen molar-refractivity contribution in [3.05, 3.63) is 71.8 Å². The van der Waals surface area contributed by atoms with Gasteiger partial charge in [0, 0.05) is 0 Å². The number of phenols is 1. The molecule has 17 heavy (non-hydrogen) atoms. The van der Waals surface area contributed by atoms with Crippen LogP contribution in [0.2, 0.25) is 0 Å². The highest BCUT2D eigenvalue weighted by Crippen LogP contribution is 2.17. The first-order valence-corrected chi connectivity index (χ1v) is 5.85. The Labute approximate surface area is 102 Å². The smallest absolute Gasteiger partial charge is 0.118 e. The lowest BCUT2D eigenvalue weighted by atomic mass is 10.1. The van der Waals surface area contributed by atoms with E-state index < -0.39 is 0 Å². The Morgan fingerprint density at radius 2 is 1.59 bits per heavy atom. The van der Waals surface area contributed by atoms with Crippen molar-refractivity contribution >= 4 is 6.08 Å². The fraction of sp³-hybridized carbons (Fsp3) is 0.125. The van der Waals surface area contributed by atoms with E-state index in [0.717, 1.165) is 18.4 Å². The molecule has 0 saturated carbocycles. The topological polar surface area (TPSA) is 20.2 Å². The van der Waals surface area contributed by atoms with E-state index in [-0.39, 0.29) is 0 Å². The van der Waals surface area contributed by atoms with Crippen LogP contribution in [0.4, 0.5) is 0 Å². The molecule has 0 spiro atoms. The van der Waals surface area contributed by atoms with Gasteiger partial charge in [0.1, 0.15) is 5.75 Å². The lowest BCUT2D eigenvalue weighted by Crippen LogP contribution is -1.83. The average Bonchev–Trinajstić information content (AvgIpc) is 2.38. The van der Waals surface area contributed by atoms with Gasteiger partial charge in [-0.1, -0.05) is 60.7 Å². The van der Waals surface area contributed by atoms with Crippen LogP contribution in [0, 0.1) is 0 Å². The third-order valence-corrected chi connectivity index (χ3v) is 2.68. The molecule has 2 aromatic rings. The first-order chi connectivity index (χ1) is 8.36. The summed E-state index contributed by atoms with van der Waals surface area (Å²) in [5.74, 6) is 0.389. The molecular formula is C16H16O. The molecule has 0 fully saturated rings. The van der Waals surface area contributed by atoms with Crippen LogP contribution in [-0.4, -0.2) is 5.11 Å². The van der Waals surface area contributed by atoms with E-state index in [4.69, 9.17) is 0 Å². The standard InChI is InChI=1S/C16H16O/c17-16-13-7-6-12-15(16)11-5-4-10-14-8-2-1-3-9-14/h1-4,6-10,12-13,17H,5,11H2/b10-4+. The molecule has 1 heteroatoms. The number of allylic oxidation sites excluding steroid dienone is 1. The van der Waals surface area contributed by atoms with Crippen molar-refractivity contribution in [3.63, 3.8) is 0 Å². The van der Waals surface area contributed by atoms with Crippen molar-refractivity contribution in [2.24, 2.45) is 0 Å². The Bertz CT molecular complexity index is 486. The highest BCUT2D eigenvalue weighted by Gasteiger charge is 1.96. The maximum absolute atomic E-state index is 9.60. The molecule has 0 bridgehead atoms. The third kappa shape index (κ3) is 3.49. The van der Waals surface area contributed by atoms with E-state index >= 15 is 0 Å². The Morgan fingerprint density at radius 1 is 0.882 bits per heavy atom. The van der Waals surface area contributed by atoms with Crippen LogP contribution in [0.5, 0.6) is 5.75 Å². The number of phenolic OH excluding ortho intramolecular Hbond substituents is 1. The minimum Gasteiger partial charge on any atom is -0.508 e. The molecule has 0 heterocycles. The van der Waals surface area contributed by atoms with Gasteiger partial charge >= 0.3 is 0 Å². The Hall–Kier alpha value is -2.02. The summed E-state index contributed by atoms with van der Waals surface area (Å²) < 4.78 is 0. The first kappa shape index (κ1) is 11.5. The lowest BCUT2D eigenvalue weighted by molar-refractivity contribution is 0.468. The summed E-state index contributed by atoms with van der Waals surface area (Å²) in [7, 11) is 0. The number of aromatic hydroxyl groups is 1. The largest absolute Gasteiger partial charge is 0.508 e. The molecule has 1 N–H and O–H groups in total. The van der Waals surface area contributed by atoms with Gasteiger partial charge in [0.15, 0.2) is 0 Å². The van der Waals surface area contributed by atoms with Gasteiger partial charge in [-0.15, -0.1) is 0 Å². The van der Waals surface area contributed by atoms with Crippen molar-refractivity contribution in [2.75, 3.05) is 0 Å². The molecule has 0 atom stereocenters. The van der Waals surface area contributed by atoms with Crippen LogP contribution in [0.15, 0.2) is 60.7 Å². The molecular weight excluding hydrogens is 208 g/mol. The normalized spacial score (nSPS) is 10.8. The monoisotopic (exact) mass is 224 g/mol. The zero-order valence-electron chi connectivity index (χ0n) is 9.71. The van der Waals surface area contributed by atoms with Crippen molar-refractivity contribution in [2.45, 2.75) is 12.8 Å². The highest BCUT2D eigenvalue weighted by molar-refractivity contribution is 5.48.